The summed E-state index contributed by atoms with van der Waals surface area (Å²) >= 11 is 5.32. The van der Waals surface area contributed by atoms with Crippen molar-refractivity contribution in [3.8, 4) is 0 Å². The smallest absolute Gasteiger partial charge is 0.312 e. The van der Waals surface area contributed by atoms with Crippen molar-refractivity contribution in [1.82, 2.24) is 0 Å². The third-order valence-corrected chi connectivity index (χ3v) is 1.70. The van der Waals surface area contributed by atoms with Gasteiger partial charge in [0.2, 0.25) is 0 Å². The van der Waals surface area contributed by atoms with Gasteiger partial charge < -0.3 is 5.11 Å². The Kier molecular flexibility index (Phi) is 8.55. The van der Waals surface area contributed by atoms with Crippen molar-refractivity contribution >= 4 is 17.6 Å². The number of hydrogen-bond acceptors (Lipinski definition) is 1. The molecule has 0 aromatic rings. The lowest BCUT2D eigenvalue weighted by Gasteiger charge is -2.10. The minimum Gasteiger partial charge on any atom is -0.481 e. The molecule has 0 saturated heterocycles. The van der Waals surface area contributed by atoms with Crippen LogP contribution in [0.5, 0.6) is 0 Å². The van der Waals surface area contributed by atoms with E-state index in [1.54, 1.807) is 13.8 Å². The number of allylic oxidation sites excluding steroid dienone is 2. The van der Waals surface area contributed by atoms with E-state index in [9.17, 15) is 4.79 Å². The monoisotopic (exact) mass is 218 g/mol. The molecule has 0 aliphatic rings. The van der Waals surface area contributed by atoms with Crippen molar-refractivity contribution in [3.05, 3.63) is 24.3 Å². The SMILES string of the molecule is C=CC(C)(C)C(=O)O.CC(C)=CCCl. The van der Waals surface area contributed by atoms with Crippen molar-refractivity contribution in [2.45, 2.75) is 27.7 Å². The minimum absolute atomic E-state index is 0.641. The van der Waals surface area contributed by atoms with Crippen molar-refractivity contribution in [3.63, 3.8) is 0 Å². The quantitative estimate of drug-likeness (QED) is 0.582. The maximum atomic E-state index is 10.2. The summed E-state index contributed by atoms with van der Waals surface area (Å²) in [6, 6.07) is 0. The molecular weight excluding hydrogens is 200 g/mol. The van der Waals surface area contributed by atoms with Crippen molar-refractivity contribution in [1.29, 1.82) is 0 Å². The second kappa shape index (κ2) is 7.63. The van der Waals surface area contributed by atoms with Gasteiger partial charge in [0.1, 0.15) is 0 Å². The molecule has 0 bridgehead atoms. The van der Waals surface area contributed by atoms with E-state index in [1.807, 2.05) is 19.9 Å². The van der Waals surface area contributed by atoms with Crippen molar-refractivity contribution < 1.29 is 9.90 Å². The van der Waals surface area contributed by atoms with Gasteiger partial charge in [0.15, 0.2) is 0 Å². The number of carboxylic acids is 1. The highest BCUT2D eigenvalue weighted by Crippen LogP contribution is 2.14. The number of aliphatic carboxylic acids is 1. The van der Waals surface area contributed by atoms with Crippen LogP contribution >= 0.6 is 11.6 Å². The van der Waals surface area contributed by atoms with E-state index in [1.165, 1.54) is 11.6 Å². The molecule has 82 valence electrons. The Labute approximate surface area is 91.3 Å². The van der Waals surface area contributed by atoms with Gasteiger partial charge in [-0.1, -0.05) is 17.7 Å². The van der Waals surface area contributed by atoms with Crippen molar-refractivity contribution in [2.24, 2.45) is 5.41 Å². The lowest BCUT2D eigenvalue weighted by molar-refractivity contribution is -0.144. The van der Waals surface area contributed by atoms with E-state index in [0.717, 1.165) is 0 Å². The summed E-state index contributed by atoms with van der Waals surface area (Å²) in [5.41, 5.74) is 0.505. The van der Waals surface area contributed by atoms with Crippen LogP contribution in [0.25, 0.3) is 0 Å². The molecule has 0 fully saturated rings. The Morgan fingerprint density at radius 1 is 1.50 bits per heavy atom. The maximum absolute atomic E-state index is 10.2. The van der Waals surface area contributed by atoms with Gasteiger partial charge in [-0.05, 0) is 27.7 Å². The largest absolute Gasteiger partial charge is 0.481 e. The highest BCUT2D eigenvalue weighted by Gasteiger charge is 2.21. The first kappa shape index (κ1) is 15.7. The van der Waals surface area contributed by atoms with E-state index in [0.29, 0.717) is 5.88 Å². The van der Waals surface area contributed by atoms with Crippen LogP contribution in [0.1, 0.15) is 27.7 Å². The summed E-state index contributed by atoms with van der Waals surface area (Å²) in [7, 11) is 0. The van der Waals surface area contributed by atoms with Crippen LogP contribution in [0.3, 0.4) is 0 Å². The third kappa shape index (κ3) is 9.33. The van der Waals surface area contributed by atoms with Crippen LogP contribution in [-0.2, 0) is 4.79 Å². The minimum atomic E-state index is -0.840. The molecule has 0 aromatic carbocycles. The summed E-state index contributed by atoms with van der Waals surface area (Å²) in [6.45, 7) is 10.6. The first-order chi connectivity index (χ1) is 6.27. The maximum Gasteiger partial charge on any atom is 0.312 e. The van der Waals surface area contributed by atoms with Gasteiger partial charge in [-0.15, -0.1) is 18.2 Å². The van der Waals surface area contributed by atoms with Gasteiger partial charge >= 0.3 is 5.97 Å². The zero-order valence-corrected chi connectivity index (χ0v) is 10.1. The molecule has 0 aliphatic heterocycles. The summed E-state index contributed by atoms with van der Waals surface area (Å²) in [5.74, 6) is -0.199. The Morgan fingerprint density at radius 2 is 1.93 bits per heavy atom. The lowest BCUT2D eigenvalue weighted by atomic mass is 9.95. The topological polar surface area (TPSA) is 37.3 Å². The molecule has 0 spiro atoms. The van der Waals surface area contributed by atoms with Gasteiger partial charge in [0.05, 0.1) is 5.41 Å². The molecule has 1 N–H and O–H groups in total. The molecule has 0 atom stereocenters. The van der Waals surface area contributed by atoms with E-state index in [-0.39, 0.29) is 0 Å². The zero-order valence-electron chi connectivity index (χ0n) is 9.30. The van der Waals surface area contributed by atoms with E-state index >= 15 is 0 Å². The van der Waals surface area contributed by atoms with Gasteiger partial charge in [0, 0.05) is 5.88 Å². The normalized spacial score (nSPS) is 9.50. The van der Waals surface area contributed by atoms with Crippen LogP contribution < -0.4 is 0 Å². The van der Waals surface area contributed by atoms with E-state index in [4.69, 9.17) is 16.7 Å². The van der Waals surface area contributed by atoms with E-state index < -0.39 is 11.4 Å². The summed E-state index contributed by atoms with van der Waals surface area (Å²) < 4.78 is 0. The number of carbonyl (C=O) groups is 1. The van der Waals surface area contributed by atoms with Crippen molar-refractivity contribution in [2.75, 3.05) is 5.88 Å². The third-order valence-electron chi connectivity index (χ3n) is 1.55. The molecule has 0 amide bonds. The highest BCUT2D eigenvalue weighted by molar-refractivity contribution is 6.18. The molecule has 0 aliphatic carbocycles. The number of hydrogen-bond donors (Lipinski definition) is 1. The number of rotatable bonds is 3. The summed E-state index contributed by atoms with van der Waals surface area (Å²) in [6.07, 6.45) is 3.39. The Hall–Kier alpha value is -0.760. The average Bonchev–Trinajstić information content (AvgIpc) is 2.05. The molecule has 0 saturated carbocycles. The number of alkyl halides is 1. The molecule has 0 heterocycles. The first-order valence-corrected chi connectivity index (χ1v) is 4.87. The molecule has 0 unspecified atom stereocenters. The fraction of sp³-hybridized carbons (Fsp3) is 0.545. The number of carboxylic acid groups (broad SMARTS) is 1. The van der Waals surface area contributed by atoms with Crippen LogP contribution in [0.4, 0.5) is 0 Å². The predicted octanol–water partition coefficient (Wildman–Crippen LogP) is 3.47. The standard InChI is InChI=1S/C6H10O2.C5H9Cl/c1-4-6(2,3)5(7)8;1-5(2)3-4-6/h4H,1H2,2-3H3,(H,7,8);3H,4H2,1-2H3. The Balaban J connectivity index is 0. The predicted molar refractivity (Wildman–Crippen MR) is 61.8 cm³/mol. The summed E-state index contributed by atoms with van der Waals surface area (Å²) in [5, 5.41) is 8.37. The van der Waals surface area contributed by atoms with Crippen LogP contribution in [0.15, 0.2) is 24.3 Å². The Morgan fingerprint density at radius 3 is 1.93 bits per heavy atom. The molecule has 0 radical (unpaired) electrons. The Bertz CT molecular complexity index is 213. The fourth-order valence-electron chi connectivity index (χ4n) is 0.242. The van der Waals surface area contributed by atoms with Crippen LogP contribution in [-0.4, -0.2) is 17.0 Å². The summed E-state index contributed by atoms with van der Waals surface area (Å²) in [4.78, 5) is 10.2. The van der Waals surface area contributed by atoms with Crippen LogP contribution in [0, 0.1) is 5.41 Å². The fourth-order valence-corrected chi connectivity index (χ4v) is 0.550. The molecule has 14 heavy (non-hydrogen) atoms. The van der Waals surface area contributed by atoms with Gasteiger partial charge in [-0.2, -0.15) is 0 Å². The highest BCUT2D eigenvalue weighted by atomic mass is 35.5. The average molecular weight is 219 g/mol. The van der Waals surface area contributed by atoms with Gasteiger partial charge in [0.25, 0.3) is 0 Å². The van der Waals surface area contributed by atoms with Gasteiger partial charge in [-0.25, -0.2) is 0 Å². The molecule has 2 nitrogen and oxygen atoms in total. The first-order valence-electron chi connectivity index (χ1n) is 4.34. The zero-order chi connectivity index (χ0) is 11.8. The number of halogens is 1. The van der Waals surface area contributed by atoms with E-state index in [2.05, 4.69) is 6.58 Å². The molecular formula is C11H19ClO2. The van der Waals surface area contributed by atoms with Gasteiger partial charge in [-0.3, -0.25) is 4.79 Å². The molecule has 3 heteroatoms. The second-order valence-corrected chi connectivity index (χ2v) is 3.98. The lowest BCUT2D eigenvalue weighted by Crippen LogP contribution is -2.19. The molecule has 0 aromatic heterocycles. The molecule has 0 rings (SSSR count). The van der Waals surface area contributed by atoms with Crippen LogP contribution in [0.2, 0.25) is 0 Å². The second-order valence-electron chi connectivity index (χ2n) is 3.67.